The Hall–Kier alpha value is -4.34. The summed E-state index contributed by atoms with van der Waals surface area (Å²) in [5, 5.41) is 6.36. The molecule has 4 heterocycles. The van der Waals surface area contributed by atoms with Gasteiger partial charge in [-0.25, -0.2) is 18.4 Å². The maximum absolute atomic E-state index is 12.2. The van der Waals surface area contributed by atoms with Crippen LogP contribution in [0.4, 0.5) is 34.6 Å². The number of piperidine rings is 1. The van der Waals surface area contributed by atoms with E-state index in [-0.39, 0.29) is 11.6 Å². The van der Waals surface area contributed by atoms with E-state index in [0.29, 0.717) is 34.5 Å². The van der Waals surface area contributed by atoms with Crippen LogP contribution in [0.1, 0.15) is 18.4 Å². The van der Waals surface area contributed by atoms with Crippen LogP contribution < -0.4 is 25.0 Å². The first-order valence-corrected chi connectivity index (χ1v) is 16.9. The van der Waals surface area contributed by atoms with Crippen LogP contribution in [0.15, 0.2) is 43.0 Å². The highest BCUT2D eigenvalue weighted by Crippen LogP contribution is 2.36. The minimum absolute atomic E-state index is 0.211. The molecule has 0 aliphatic carbocycles. The highest BCUT2D eigenvalue weighted by molar-refractivity contribution is 7.92. The average molecular weight is 634 g/mol. The van der Waals surface area contributed by atoms with Crippen molar-refractivity contribution >= 4 is 55.7 Å². The van der Waals surface area contributed by atoms with Gasteiger partial charge in [0.15, 0.2) is 0 Å². The number of anilines is 6. The lowest BCUT2D eigenvalue weighted by atomic mass is 10.0. The Kier molecular flexibility index (Phi) is 8.83. The van der Waals surface area contributed by atoms with Gasteiger partial charge in [0, 0.05) is 69.5 Å². The summed E-state index contributed by atoms with van der Waals surface area (Å²) >= 11 is 0. The third-order valence-electron chi connectivity index (χ3n) is 8.37. The lowest BCUT2D eigenvalue weighted by molar-refractivity contribution is 0.0982. The van der Waals surface area contributed by atoms with Crippen LogP contribution in [-0.4, -0.2) is 109 Å². The van der Waals surface area contributed by atoms with Gasteiger partial charge in [-0.05, 0) is 50.6 Å². The van der Waals surface area contributed by atoms with Crippen molar-refractivity contribution in [3.05, 3.63) is 48.5 Å². The van der Waals surface area contributed by atoms with Crippen LogP contribution in [0.5, 0.6) is 5.75 Å². The molecule has 3 N–H and O–H groups in total. The molecule has 0 spiro atoms. The zero-order valence-electron chi connectivity index (χ0n) is 26.0. The Balaban J connectivity index is 1.18. The molecule has 2 aromatic carbocycles. The molecule has 6 rings (SSSR count). The molecule has 45 heavy (non-hydrogen) atoms. The van der Waals surface area contributed by atoms with E-state index >= 15 is 0 Å². The Labute approximate surface area is 263 Å². The normalized spacial score (nSPS) is 16.9. The third-order valence-corrected chi connectivity index (χ3v) is 8.95. The van der Waals surface area contributed by atoms with Crippen LogP contribution in [0, 0.1) is 6.92 Å². The van der Waals surface area contributed by atoms with Crippen molar-refractivity contribution in [3.63, 3.8) is 0 Å². The molecule has 0 bridgehead atoms. The van der Waals surface area contributed by atoms with E-state index in [1.54, 1.807) is 25.4 Å². The average Bonchev–Trinajstić information content (AvgIpc) is 3.02. The Bertz CT molecular complexity index is 1770. The van der Waals surface area contributed by atoms with Gasteiger partial charge in [-0.1, -0.05) is 0 Å². The van der Waals surface area contributed by atoms with Crippen LogP contribution in [0.3, 0.4) is 0 Å². The highest BCUT2D eigenvalue weighted by Gasteiger charge is 2.28. The van der Waals surface area contributed by atoms with Crippen molar-refractivity contribution in [1.82, 2.24) is 34.7 Å². The van der Waals surface area contributed by atoms with Crippen molar-refractivity contribution in [2.75, 3.05) is 79.9 Å². The van der Waals surface area contributed by atoms with E-state index in [1.807, 2.05) is 6.07 Å². The number of sulfonamides is 1. The van der Waals surface area contributed by atoms with Gasteiger partial charge < -0.3 is 25.2 Å². The number of hydrogen-bond acceptors (Lipinski definition) is 13. The van der Waals surface area contributed by atoms with Gasteiger partial charge >= 0.3 is 0 Å². The summed E-state index contributed by atoms with van der Waals surface area (Å²) in [5.74, 6) is 1.19. The zero-order chi connectivity index (χ0) is 31.6. The topological polar surface area (TPSA) is 154 Å². The van der Waals surface area contributed by atoms with E-state index in [1.165, 1.54) is 12.5 Å². The molecular weight excluding hydrogens is 594 g/mol. The quantitative estimate of drug-likeness (QED) is 0.247. The summed E-state index contributed by atoms with van der Waals surface area (Å²) in [6.45, 7) is 8.70. The summed E-state index contributed by atoms with van der Waals surface area (Å²) in [4.78, 5) is 29.2. The molecule has 0 atom stereocenters. The maximum Gasteiger partial charge on any atom is 0.232 e. The van der Waals surface area contributed by atoms with Gasteiger partial charge in [0.25, 0.3) is 0 Å². The van der Waals surface area contributed by atoms with Crippen LogP contribution in [-0.2, 0) is 10.0 Å². The Morgan fingerprint density at radius 2 is 1.58 bits per heavy atom. The highest BCUT2D eigenvalue weighted by atomic mass is 32.2. The molecule has 15 heteroatoms. The molecule has 0 unspecified atom stereocenters. The maximum atomic E-state index is 12.2. The monoisotopic (exact) mass is 633 g/mol. The fourth-order valence-corrected chi connectivity index (χ4v) is 6.61. The van der Waals surface area contributed by atoms with Gasteiger partial charge in [0.1, 0.15) is 17.6 Å². The van der Waals surface area contributed by atoms with E-state index in [9.17, 15) is 8.42 Å². The van der Waals surface area contributed by atoms with E-state index < -0.39 is 10.0 Å². The third kappa shape index (κ3) is 7.16. The molecule has 2 aliphatic heterocycles. The first-order chi connectivity index (χ1) is 21.7. The van der Waals surface area contributed by atoms with Crippen LogP contribution in [0.2, 0.25) is 0 Å². The molecule has 0 saturated carbocycles. The van der Waals surface area contributed by atoms with Gasteiger partial charge in [-0.15, -0.1) is 0 Å². The number of fused-ring (bicyclic) bond motifs is 1. The number of aromatic nitrogens is 5. The predicted octanol–water partition coefficient (Wildman–Crippen LogP) is 3.21. The molecule has 14 nitrogen and oxygen atoms in total. The van der Waals surface area contributed by atoms with E-state index in [2.05, 4.69) is 75.0 Å². The second-order valence-corrected chi connectivity index (χ2v) is 13.3. The van der Waals surface area contributed by atoms with Crippen LogP contribution >= 0.6 is 0 Å². The van der Waals surface area contributed by atoms with Gasteiger partial charge in [0.05, 0.1) is 35.9 Å². The first kappa shape index (κ1) is 30.7. The van der Waals surface area contributed by atoms with Crippen LogP contribution in [0.25, 0.3) is 11.0 Å². The first-order valence-electron chi connectivity index (χ1n) is 15.0. The molecule has 2 aromatic heterocycles. The predicted molar refractivity (Wildman–Crippen MR) is 176 cm³/mol. The number of nitrogens with one attached hydrogen (secondary N) is 3. The summed E-state index contributed by atoms with van der Waals surface area (Å²) in [6.07, 6.45) is 7.80. The molecule has 238 valence electrons. The number of rotatable bonds is 9. The number of nitrogens with zero attached hydrogens (tertiary/aromatic N) is 8. The Morgan fingerprint density at radius 3 is 2.27 bits per heavy atom. The molecule has 0 amide bonds. The number of piperazine rings is 1. The van der Waals surface area contributed by atoms with Crippen molar-refractivity contribution < 1.29 is 13.2 Å². The SMILES string of the molecule is COc1cc(N2CCC(N3CCN(C)CC3)CC2)c(C)cc1Nc1ncnc(Nc2ccc3nccnc3c2NS(C)(=O)=O)n1. The number of hydrogen-bond donors (Lipinski definition) is 3. The summed E-state index contributed by atoms with van der Waals surface area (Å²) < 4.78 is 32.6. The number of methoxy groups -OCH3 is 1. The second-order valence-electron chi connectivity index (χ2n) is 11.6. The lowest BCUT2D eigenvalue weighted by Crippen LogP contribution is -2.52. The zero-order valence-corrected chi connectivity index (χ0v) is 26.8. The number of ether oxygens (including phenoxy) is 1. The molecule has 0 radical (unpaired) electrons. The number of likely N-dealkylation sites (N-methyl/N-ethyl adjacent to an activating group) is 1. The minimum atomic E-state index is -3.61. The Morgan fingerprint density at radius 1 is 0.889 bits per heavy atom. The van der Waals surface area contributed by atoms with Crippen molar-refractivity contribution in [3.8, 4) is 5.75 Å². The smallest absolute Gasteiger partial charge is 0.232 e. The van der Waals surface area contributed by atoms with E-state index in [0.717, 1.165) is 75.3 Å². The number of aryl methyl sites for hydroxylation is 1. The van der Waals surface area contributed by atoms with Gasteiger partial charge in [-0.3, -0.25) is 19.6 Å². The summed E-state index contributed by atoms with van der Waals surface area (Å²) in [7, 11) is 0.240. The van der Waals surface area contributed by atoms with Gasteiger partial charge in [-0.2, -0.15) is 4.98 Å². The van der Waals surface area contributed by atoms with Crippen molar-refractivity contribution in [2.24, 2.45) is 0 Å². The van der Waals surface area contributed by atoms with E-state index in [4.69, 9.17) is 4.74 Å². The molecule has 4 aromatic rings. The largest absolute Gasteiger partial charge is 0.494 e. The standard InChI is InChI=1S/C30H39N11O3S/c1-20-17-24(26(44-3)18-25(20)41-11-7-21(8-12-41)40-15-13-39(2)14-16-40)36-30-34-19-33-29(37-30)35-23-6-5-22-27(32-10-9-31-22)28(23)38-45(4,42)43/h5-6,9-10,17-19,21,38H,7-8,11-16H2,1-4H3,(H2,33,34,35,36,37). The van der Waals surface area contributed by atoms with Crippen molar-refractivity contribution in [2.45, 2.75) is 25.8 Å². The fourth-order valence-electron chi connectivity index (χ4n) is 6.03. The number of benzene rings is 2. The fraction of sp³-hybridized carbons (Fsp3) is 0.433. The minimum Gasteiger partial charge on any atom is -0.494 e. The molecule has 2 fully saturated rings. The summed E-state index contributed by atoms with van der Waals surface area (Å²) in [5.41, 5.74) is 4.61. The molecule has 2 saturated heterocycles. The van der Waals surface area contributed by atoms with Gasteiger partial charge in [0.2, 0.25) is 21.9 Å². The second kappa shape index (κ2) is 12.9. The van der Waals surface area contributed by atoms with Crippen molar-refractivity contribution in [1.29, 1.82) is 0 Å². The molecule has 2 aliphatic rings. The molecular formula is C30H39N11O3S. The lowest BCUT2D eigenvalue weighted by Gasteiger charge is -2.43. The summed E-state index contributed by atoms with van der Waals surface area (Å²) in [6, 6.07) is 8.20.